The molecule has 1 rings (SSSR count). The lowest BCUT2D eigenvalue weighted by Gasteiger charge is -2.07. The molecule has 0 aliphatic heterocycles. The zero-order valence-electron chi connectivity index (χ0n) is 9.63. The van der Waals surface area contributed by atoms with Gasteiger partial charge in [-0.05, 0) is 34.5 Å². The molecule has 0 bridgehead atoms. The largest absolute Gasteiger partial charge is 0.351 e. The Bertz CT molecular complexity index is 440. The zero-order valence-corrected chi connectivity index (χ0v) is 12.0. The number of halogens is 1. The molecule has 1 N–H and O–H groups in total. The first kappa shape index (κ1) is 14.1. The van der Waals surface area contributed by atoms with E-state index in [0.29, 0.717) is 17.9 Å². The zero-order chi connectivity index (χ0) is 12.7. The molecule has 0 radical (unpaired) electrons. The Kier molecular flexibility index (Phi) is 6.17. The third kappa shape index (κ3) is 4.45. The van der Waals surface area contributed by atoms with E-state index in [2.05, 4.69) is 27.2 Å². The Morgan fingerprint density at radius 1 is 1.59 bits per heavy atom. The van der Waals surface area contributed by atoms with Crippen LogP contribution in [0.4, 0.5) is 0 Å². The van der Waals surface area contributed by atoms with E-state index in [9.17, 15) is 4.79 Å². The minimum atomic E-state index is -0.0538. The number of hydrogen-bond donors (Lipinski definition) is 1. The molecule has 0 aromatic heterocycles. The maximum absolute atomic E-state index is 11.9. The lowest BCUT2D eigenvalue weighted by Crippen LogP contribution is -2.26. The average molecular weight is 312 g/mol. The minimum Gasteiger partial charge on any atom is -0.351 e. The second-order valence-electron chi connectivity index (χ2n) is 3.45. The summed E-state index contributed by atoms with van der Waals surface area (Å²) in [7, 11) is 0. The molecule has 0 saturated heterocycles. The van der Waals surface area contributed by atoms with E-state index in [1.807, 2.05) is 19.1 Å². The van der Waals surface area contributed by atoms with Crippen LogP contribution in [-0.4, -0.2) is 24.0 Å². The molecule has 0 unspecified atom stereocenters. The van der Waals surface area contributed by atoms with E-state index in [0.717, 1.165) is 15.8 Å². The molecule has 0 heterocycles. The fourth-order valence-electron chi connectivity index (χ4n) is 1.29. The highest BCUT2D eigenvalue weighted by Crippen LogP contribution is 2.20. The Morgan fingerprint density at radius 3 is 3.06 bits per heavy atom. The van der Waals surface area contributed by atoms with Gasteiger partial charge in [0.25, 0.3) is 5.91 Å². The number of rotatable bonds is 5. The molecule has 2 nitrogen and oxygen atoms in total. The summed E-state index contributed by atoms with van der Waals surface area (Å²) in [6.45, 7) is 2.59. The van der Waals surface area contributed by atoms with Crippen molar-refractivity contribution in [3.8, 4) is 12.3 Å². The van der Waals surface area contributed by atoms with Gasteiger partial charge in [-0.15, -0.1) is 18.2 Å². The van der Waals surface area contributed by atoms with Gasteiger partial charge in [-0.2, -0.15) is 0 Å². The number of hydrogen-bond acceptors (Lipinski definition) is 2. The Hall–Kier alpha value is -0.920. The second-order valence-corrected chi connectivity index (χ2v) is 5.35. The molecule has 0 fully saturated rings. The van der Waals surface area contributed by atoms with E-state index in [-0.39, 0.29) is 5.91 Å². The number of amides is 1. The maximum atomic E-state index is 11.9. The Balaban J connectivity index is 2.48. The number of carbonyl (C=O) groups excluding carboxylic acids is 1. The van der Waals surface area contributed by atoms with Crippen LogP contribution in [0.5, 0.6) is 0 Å². The summed E-state index contributed by atoms with van der Waals surface area (Å²) in [4.78, 5) is 11.9. The van der Waals surface area contributed by atoms with Gasteiger partial charge >= 0.3 is 0 Å². The van der Waals surface area contributed by atoms with Gasteiger partial charge in [0.05, 0.1) is 11.3 Å². The van der Waals surface area contributed by atoms with Gasteiger partial charge in [0.15, 0.2) is 0 Å². The minimum absolute atomic E-state index is 0.0538. The molecular weight excluding hydrogens is 298 g/mol. The van der Waals surface area contributed by atoms with Crippen LogP contribution in [0, 0.1) is 19.3 Å². The van der Waals surface area contributed by atoms with E-state index < -0.39 is 0 Å². The third-order valence-electron chi connectivity index (χ3n) is 2.15. The number of nitrogens with one attached hydrogen (secondary N) is 1. The third-order valence-corrected chi connectivity index (χ3v) is 4.07. The average Bonchev–Trinajstić information content (AvgIpc) is 2.32. The second kappa shape index (κ2) is 7.41. The Morgan fingerprint density at radius 2 is 2.35 bits per heavy atom. The lowest BCUT2D eigenvalue weighted by molar-refractivity contribution is 0.0955. The summed E-state index contributed by atoms with van der Waals surface area (Å²) >= 11 is 5.06. The summed E-state index contributed by atoms with van der Waals surface area (Å²) in [5.41, 5.74) is 1.73. The SMILES string of the molecule is C#CCSCCNC(=O)c1cccc(C)c1Br. The molecule has 17 heavy (non-hydrogen) atoms. The number of carbonyl (C=O) groups is 1. The van der Waals surface area contributed by atoms with Gasteiger partial charge in [-0.3, -0.25) is 4.79 Å². The van der Waals surface area contributed by atoms with Crippen LogP contribution < -0.4 is 5.32 Å². The number of aryl methyl sites for hydroxylation is 1. The molecule has 1 aromatic carbocycles. The summed E-state index contributed by atoms with van der Waals surface area (Å²) in [6, 6.07) is 5.65. The van der Waals surface area contributed by atoms with Crippen molar-refractivity contribution < 1.29 is 4.79 Å². The lowest BCUT2D eigenvalue weighted by atomic mass is 10.1. The quantitative estimate of drug-likeness (QED) is 0.669. The van der Waals surface area contributed by atoms with E-state index in [1.165, 1.54) is 0 Å². The normalized spacial score (nSPS) is 9.71. The molecule has 0 aliphatic carbocycles. The number of terminal acetylenes is 1. The number of benzene rings is 1. The summed E-state index contributed by atoms with van der Waals surface area (Å²) < 4.78 is 0.855. The highest BCUT2D eigenvalue weighted by atomic mass is 79.9. The predicted octanol–water partition coefficient (Wildman–Crippen LogP) is 2.85. The van der Waals surface area contributed by atoms with Crippen molar-refractivity contribution in [1.29, 1.82) is 0 Å². The van der Waals surface area contributed by atoms with Crippen molar-refractivity contribution in [2.75, 3.05) is 18.1 Å². The molecule has 4 heteroatoms. The van der Waals surface area contributed by atoms with Crippen LogP contribution in [0.1, 0.15) is 15.9 Å². The van der Waals surface area contributed by atoms with Crippen LogP contribution in [-0.2, 0) is 0 Å². The smallest absolute Gasteiger partial charge is 0.252 e. The first-order chi connectivity index (χ1) is 8.16. The van der Waals surface area contributed by atoms with Crippen LogP contribution in [0.15, 0.2) is 22.7 Å². The molecule has 0 spiro atoms. The van der Waals surface area contributed by atoms with Crippen LogP contribution >= 0.6 is 27.7 Å². The van der Waals surface area contributed by atoms with Gasteiger partial charge < -0.3 is 5.32 Å². The predicted molar refractivity (Wildman–Crippen MR) is 77.4 cm³/mol. The van der Waals surface area contributed by atoms with Gasteiger partial charge in [0.2, 0.25) is 0 Å². The molecule has 0 aliphatic rings. The monoisotopic (exact) mass is 311 g/mol. The van der Waals surface area contributed by atoms with Crippen molar-refractivity contribution in [1.82, 2.24) is 5.32 Å². The molecule has 1 amide bonds. The highest BCUT2D eigenvalue weighted by Gasteiger charge is 2.10. The first-order valence-electron chi connectivity index (χ1n) is 5.21. The summed E-state index contributed by atoms with van der Waals surface area (Å²) in [5.74, 6) is 4.01. The summed E-state index contributed by atoms with van der Waals surface area (Å²) in [6.07, 6.45) is 5.13. The van der Waals surface area contributed by atoms with Crippen LogP contribution in [0.3, 0.4) is 0 Å². The van der Waals surface area contributed by atoms with E-state index in [4.69, 9.17) is 6.42 Å². The van der Waals surface area contributed by atoms with Gasteiger partial charge in [0.1, 0.15) is 0 Å². The topological polar surface area (TPSA) is 29.1 Å². The standard InChI is InChI=1S/C13H14BrNOS/c1-3-8-17-9-7-15-13(16)11-6-4-5-10(2)12(11)14/h1,4-6H,7-9H2,2H3,(H,15,16). The number of thioether (sulfide) groups is 1. The van der Waals surface area contributed by atoms with Crippen molar-refractivity contribution in [2.45, 2.75) is 6.92 Å². The Labute approximate surface area is 115 Å². The van der Waals surface area contributed by atoms with Crippen molar-refractivity contribution in [3.05, 3.63) is 33.8 Å². The fraction of sp³-hybridized carbons (Fsp3) is 0.308. The molecular formula is C13H14BrNOS. The van der Waals surface area contributed by atoms with Crippen molar-refractivity contribution in [3.63, 3.8) is 0 Å². The molecule has 0 atom stereocenters. The van der Waals surface area contributed by atoms with Crippen LogP contribution in [0.25, 0.3) is 0 Å². The first-order valence-corrected chi connectivity index (χ1v) is 7.16. The molecule has 90 valence electrons. The fourth-order valence-corrected chi connectivity index (χ4v) is 2.24. The highest BCUT2D eigenvalue weighted by molar-refractivity contribution is 9.10. The molecule has 1 aromatic rings. The van der Waals surface area contributed by atoms with Crippen molar-refractivity contribution >= 4 is 33.6 Å². The maximum Gasteiger partial charge on any atom is 0.252 e. The summed E-state index contributed by atoms with van der Waals surface area (Å²) in [5, 5.41) is 2.87. The van der Waals surface area contributed by atoms with E-state index >= 15 is 0 Å². The van der Waals surface area contributed by atoms with Crippen molar-refractivity contribution in [2.24, 2.45) is 0 Å². The van der Waals surface area contributed by atoms with E-state index in [1.54, 1.807) is 17.8 Å². The van der Waals surface area contributed by atoms with Gasteiger partial charge in [-0.25, -0.2) is 0 Å². The van der Waals surface area contributed by atoms with Gasteiger partial charge in [-0.1, -0.05) is 18.1 Å². The van der Waals surface area contributed by atoms with Gasteiger partial charge in [0, 0.05) is 16.8 Å². The van der Waals surface area contributed by atoms with Crippen LogP contribution in [0.2, 0.25) is 0 Å². The molecule has 0 saturated carbocycles.